The van der Waals surface area contributed by atoms with E-state index >= 15 is 0 Å². The van der Waals surface area contributed by atoms with Gasteiger partial charge in [-0.05, 0) is 44.9 Å². The second-order valence-corrected chi connectivity index (χ2v) is 5.79. The lowest BCUT2D eigenvalue weighted by molar-refractivity contribution is -0.147. The molecule has 0 saturated carbocycles. The number of fused-ring (bicyclic) bond motifs is 1. The molecule has 0 aliphatic carbocycles. The van der Waals surface area contributed by atoms with Crippen LogP contribution in [0.3, 0.4) is 0 Å². The van der Waals surface area contributed by atoms with Crippen LogP contribution in [-0.2, 0) is 4.79 Å². The summed E-state index contributed by atoms with van der Waals surface area (Å²) in [5.41, 5.74) is 1.26. The summed E-state index contributed by atoms with van der Waals surface area (Å²) in [6.07, 6.45) is 3.87. The van der Waals surface area contributed by atoms with Gasteiger partial charge in [0.2, 0.25) is 0 Å². The third-order valence-electron chi connectivity index (χ3n) is 3.46. The van der Waals surface area contributed by atoms with Crippen LogP contribution in [0.1, 0.15) is 36.3 Å². The lowest BCUT2D eigenvalue weighted by Crippen LogP contribution is -2.32. The van der Waals surface area contributed by atoms with Gasteiger partial charge in [0.05, 0.1) is 5.41 Å². The number of hydrogen-bond donors (Lipinski definition) is 2. The third kappa shape index (κ3) is 3.39. The average Bonchev–Trinajstić information content (AvgIpc) is 2.81. The number of pyridine rings is 1. The van der Waals surface area contributed by atoms with E-state index in [1.54, 1.807) is 24.4 Å². The Morgan fingerprint density at radius 2 is 2.14 bits per heavy atom. The van der Waals surface area contributed by atoms with E-state index in [0.29, 0.717) is 24.3 Å². The molecular weight excluding hydrogens is 270 g/mol. The zero-order chi connectivity index (χ0) is 15.6. The number of nitrogens with zero attached hydrogens (tertiary/aromatic N) is 2. The monoisotopic (exact) mass is 289 g/mol. The average molecular weight is 289 g/mol. The first-order chi connectivity index (χ1) is 9.79. The molecule has 0 radical (unpaired) electrons. The molecule has 0 aromatic carbocycles. The Morgan fingerprint density at radius 3 is 2.81 bits per heavy atom. The van der Waals surface area contributed by atoms with Crippen molar-refractivity contribution in [2.24, 2.45) is 5.41 Å². The number of amides is 1. The Bertz CT molecular complexity index is 689. The molecule has 2 aromatic rings. The van der Waals surface area contributed by atoms with Gasteiger partial charge < -0.3 is 14.8 Å². The highest BCUT2D eigenvalue weighted by molar-refractivity contribution is 5.92. The fourth-order valence-electron chi connectivity index (χ4n) is 1.88. The highest BCUT2D eigenvalue weighted by Crippen LogP contribution is 2.19. The van der Waals surface area contributed by atoms with Crippen LogP contribution in [0.2, 0.25) is 0 Å². The topological polar surface area (TPSA) is 83.7 Å². The van der Waals surface area contributed by atoms with Crippen molar-refractivity contribution in [1.29, 1.82) is 0 Å². The SMILES string of the molecule is Cc1ccn2cc(C(=O)NCCC(C)(C)C(=O)O)nc2c1. The molecule has 2 N–H and O–H groups in total. The van der Waals surface area contributed by atoms with Gasteiger partial charge in [0.1, 0.15) is 11.3 Å². The maximum absolute atomic E-state index is 12.0. The lowest BCUT2D eigenvalue weighted by Gasteiger charge is -2.18. The van der Waals surface area contributed by atoms with Crippen molar-refractivity contribution in [3.05, 3.63) is 35.8 Å². The van der Waals surface area contributed by atoms with Crippen LogP contribution in [0.15, 0.2) is 24.5 Å². The van der Waals surface area contributed by atoms with Gasteiger partial charge in [-0.15, -0.1) is 0 Å². The Morgan fingerprint density at radius 1 is 1.43 bits per heavy atom. The Kier molecular flexibility index (Phi) is 3.97. The van der Waals surface area contributed by atoms with Gasteiger partial charge in [-0.25, -0.2) is 4.98 Å². The predicted octanol–water partition coefficient (Wildman–Crippen LogP) is 1.87. The van der Waals surface area contributed by atoms with Crippen molar-refractivity contribution >= 4 is 17.5 Å². The van der Waals surface area contributed by atoms with E-state index in [1.165, 1.54) is 0 Å². The quantitative estimate of drug-likeness (QED) is 0.880. The standard InChI is InChI=1S/C15H19N3O3/c1-10-4-7-18-9-11(17-12(18)8-10)13(19)16-6-5-15(2,3)14(20)21/h4,7-9H,5-6H2,1-3H3,(H,16,19)(H,20,21). The van der Waals surface area contributed by atoms with Crippen LogP contribution >= 0.6 is 0 Å². The van der Waals surface area contributed by atoms with Crippen LogP contribution in [0.25, 0.3) is 5.65 Å². The van der Waals surface area contributed by atoms with E-state index < -0.39 is 11.4 Å². The van der Waals surface area contributed by atoms with Gasteiger partial charge in [0, 0.05) is 18.9 Å². The molecule has 1 amide bonds. The minimum Gasteiger partial charge on any atom is -0.481 e. The zero-order valence-electron chi connectivity index (χ0n) is 12.4. The first-order valence-electron chi connectivity index (χ1n) is 6.76. The maximum Gasteiger partial charge on any atom is 0.309 e. The molecule has 0 aliphatic heterocycles. The molecule has 0 bridgehead atoms. The lowest BCUT2D eigenvalue weighted by atomic mass is 9.90. The second kappa shape index (κ2) is 5.55. The Hall–Kier alpha value is -2.37. The number of aromatic nitrogens is 2. The first kappa shape index (κ1) is 15.0. The zero-order valence-corrected chi connectivity index (χ0v) is 12.4. The molecule has 0 atom stereocenters. The molecular formula is C15H19N3O3. The molecule has 21 heavy (non-hydrogen) atoms. The largest absolute Gasteiger partial charge is 0.481 e. The van der Waals surface area contributed by atoms with Crippen molar-refractivity contribution in [1.82, 2.24) is 14.7 Å². The highest BCUT2D eigenvalue weighted by Gasteiger charge is 2.26. The molecule has 6 nitrogen and oxygen atoms in total. The number of nitrogens with one attached hydrogen (secondary N) is 1. The van der Waals surface area contributed by atoms with Gasteiger partial charge in [0.15, 0.2) is 0 Å². The van der Waals surface area contributed by atoms with Crippen molar-refractivity contribution < 1.29 is 14.7 Å². The molecule has 0 fully saturated rings. The molecule has 0 aliphatic rings. The van der Waals surface area contributed by atoms with Gasteiger partial charge in [-0.2, -0.15) is 0 Å². The summed E-state index contributed by atoms with van der Waals surface area (Å²) >= 11 is 0. The minimum absolute atomic E-state index is 0.294. The summed E-state index contributed by atoms with van der Waals surface area (Å²) in [7, 11) is 0. The molecule has 0 spiro atoms. The highest BCUT2D eigenvalue weighted by atomic mass is 16.4. The summed E-state index contributed by atoms with van der Waals surface area (Å²) < 4.78 is 1.78. The number of hydrogen-bond acceptors (Lipinski definition) is 3. The number of aryl methyl sites for hydroxylation is 1. The minimum atomic E-state index is -0.875. The van der Waals surface area contributed by atoms with E-state index in [-0.39, 0.29) is 5.91 Å². The van der Waals surface area contributed by atoms with Crippen molar-refractivity contribution in [3.63, 3.8) is 0 Å². The van der Waals surface area contributed by atoms with Gasteiger partial charge in [-0.1, -0.05) is 0 Å². The number of carboxylic acid groups (broad SMARTS) is 1. The maximum atomic E-state index is 12.0. The molecule has 6 heteroatoms. The molecule has 0 saturated heterocycles. The summed E-state index contributed by atoms with van der Waals surface area (Å²) in [6.45, 7) is 5.53. The Labute approximate surface area is 122 Å². The van der Waals surface area contributed by atoms with Crippen LogP contribution in [0.5, 0.6) is 0 Å². The van der Waals surface area contributed by atoms with Gasteiger partial charge in [0.25, 0.3) is 5.91 Å². The van der Waals surface area contributed by atoms with Crippen molar-refractivity contribution in [2.45, 2.75) is 27.2 Å². The normalized spacial score (nSPS) is 11.6. The number of aliphatic carboxylic acids is 1. The molecule has 2 rings (SSSR count). The summed E-state index contributed by atoms with van der Waals surface area (Å²) in [5.74, 6) is -1.17. The van der Waals surface area contributed by atoms with E-state index in [9.17, 15) is 9.59 Å². The predicted molar refractivity (Wildman–Crippen MR) is 78.3 cm³/mol. The van der Waals surface area contributed by atoms with Crippen LogP contribution in [-0.4, -0.2) is 32.9 Å². The van der Waals surface area contributed by atoms with E-state index in [1.807, 2.05) is 25.3 Å². The third-order valence-corrected chi connectivity index (χ3v) is 3.46. The summed E-state index contributed by atoms with van der Waals surface area (Å²) in [5, 5.41) is 11.7. The fraction of sp³-hybridized carbons (Fsp3) is 0.400. The van der Waals surface area contributed by atoms with Crippen LogP contribution < -0.4 is 5.32 Å². The smallest absolute Gasteiger partial charge is 0.309 e. The number of carbonyl (C=O) groups is 2. The molecule has 0 unspecified atom stereocenters. The summed E-state index contributed by atoms with van der Waals surface area (Å²) in [4.78, 5) is 27.3. The fourth-order valence-corrected chi connectivity index (χ4v) is 1.88. The molecule has 112 valence electrons. The van der Waals surface area contributed by atoms with Crippen molar-refractivity contribution in [3.8, 4) is 0 Å². The van der Waals surface area contributed by atoms with Crippen molar-refractivity contribution in [2.75, 3.05) is 6.54 Å². The number of carboxylic acids is 1. The first-order valence-corrected chi connectivity index (χ1v) is 6.76. The van der Waals surface area contributed by atoms with Crippen LogP contribution in [0, 0.1) is 12.3 Å². The number of carbonyl (C=O) groups excluding carboxylic acids is 1. The van der Waals surface area contributed by atoms with Gasteiger partial charge >= 0.3 is 5.97 Å². The second-order valence-electron chi connectivity index (χ2n) is 5.79. The molecule has 2 aromatic heterocycles. The summed E-state index contributed by atoms with van der Waals surface area (Å²) in [6, 6.07) is 3.83. The molecule has 2 heterocycles. The van der Waals surface area contributed by atoms with E-state index in [4.69, 9.17) is 5.11 Å². The van der Waals surface area contributed by atoms with Crippen LogP contribution in [0.4, 0.5) is 0 Å². The Balaban J connectivity index is 2.01. The number of imidazole rings is 1. The van der Waals surface area contributed by atoms with Gasteiger partial charge in [-0.3, -0.25) is 9.59 Å². The van der Waals surface area contributed by atoms with E-state index in [0.717, 1.165) is 5.56 Å². The van der Waals surface area contributed by atoms with E-state index in [2.05, 4.69) is 10.3 Å². The number of rotatable bonds is 5.